The number of aryl methyl sites for hydroxylation is 2. The highest BCUT2D eigenvalue weighted by Gasteiger charge is 2.21. The molecular weight excluding hydrogens is 354 g/mol. The molecule has 1 aliphatic carbocycles. The Kier molecular flexibility index (Phi) is 4.97. The van der Waals surface area contributed by atoms with Gasteiger partial charge in [-0.05, 0) is 55.4 Å². The van der Waals surface area contributed by atoms with Crippen LogP contribution < -0.4 is 10.5 Å². The number of nitrogens with zero attached hydrogens (tertiary/aromatic N) is 1. The van der Waals surface area contributed by atoms with Crippen molar-refractivity contribution >= 4 is 21.4 Å². The van der Waals surface area contributed by atoms with Crippen LogP contribution in [0, 0.1) is 10.1 Å². The van der Waals surface area contributed by atoms with Crippen molar-refractivity contribution in [1.82, 2.24) is 0 Å². The standard InChI is InChI=1S/C18H21N3O4S/c1-12(14-7-6-13-4-2-3-5-15(13)10-14)20-17-9-8-16(21(22)23)11-18(17)26(19,24)25/h6-12,20H,2-5H2,1H3,(H2,19,24,25). The van der Waals surface area contributed by atoms with Gasteiger partial charge in [-0.1, -0.05) is 18.2 Å². The maximum atomic E-state index is 11.9. The van der Waals surface area contributed by atoms with E-state index in [1.807, 2.05) is 13.0 Å². The van der Waals surface area contributed by atoms with Crippen LogP contribution in [0.2, 0.25) is 0 Å². The fourth-order valence-corrected chi connectivity index (χ4v) is 4.04. The molecule has 0 radical (unpaired) electrons. The van der Waals surface area contributed by atoms with Crippen molar-refractivity contribution in [3.8, 4) is 0 Å². The maximum absolute atomic E-state index is 11.9. The Balaban J connectivity index is 1.92. The molecule has 0 spiro atoms. The Morgan fingerprint density at radius 2 is 1.81 bits per heavy atom. The number of rotatable bonds is 5. The zero-order valence-corrected chi connectivity index (χ0v) is 15.3. The smallest absolute Gasteiger partial charge is 0.270 e. The molecule has 2 aromatic carbocycles. The molecule has 0 saturated carbocycles. The quantitative estimate of drug-likeness (QED) is 0.614. The van der Waals surface area contributed by atoms with E-state index in [2.05, 4.69) is 17.4 Å². The molecule has 3 N–H and O–H groups in total. The summed E-state index contributed by atoms with van der Waals surface area (Å²) in [5, 5.41) is 19.3. The van der Waals surface area contributed by atoms with Crippen LogP contribution in [-0.4, -0.2) is 13.3 Å². The van der Waals surface area contributed by atoms with E-state index in [-0.39, 0.29) is 22.3 Å². The van der Waals surface area contributed by atoms with Crippen LogP contribution >= 0.6 is 0 Å². The third kappa shape index (κ3) is 3.86. The van der Waals surface area contributed by atoms with Crippen LogP contribution in [0.5, 0.6) is 0 Å². The summed E-state index contributed by atoms with van der Waals surface area (Å²) in [5.41, 5.74) is 3.67. The van der Waals surface area contributed by atoms with E-state index >= 15 is 0 Å². The second-order valence-electron chi connectivity index (χ2n) is 6.58. The number of primary sulfonamides is 1. The zero-order chi connectivity index (χ0) is 18.9. The van der Waals surface area contributed by atoms with Crippen molar-refractivity contribution in [1.29, 1.82) is 0 Å². The normalized spacial score (nSPS) is 15.2. The van der Waals surface area contributed by atoms with Crippen LogP contribution in [0.3, 0.4) is 0 Å². The predicted molar refractivity (Wildman–Crippen MR) is 99.6 cm³/mol. The summed E-state index contributed by atoms with van der Waals surface area (Å²) >= 11 is 0. The number of nitrogens with two attached hydrogens (primary N) is 1. The lowest BCUT2D eigenvalue weighted by molar-refractivity contribution is -0.385. The number of sulfonamides is 1. The average Bonchev–Trinajstić information content (AvgIpc) is 2.60. The number of fused-ring (bicyclic) bond motifs is 1. The van der Waals surface area contributed by atoms with Gasteiger partial charge >= 0.3 is 0 Å². The van der Waals surface area contributed by atoms with Crippen molar-refractivity contribution in [3.63, 3.8) is 0 Å². The van der Waals surface area contributed by atoms with Gasteiger partial charge in [0.25, 0.3) is 5.69 Å². The van der Waals surface area contributed by atoms with Crippen LogP contribution in [0.4, 0.5) is 11.4 Å². The summed E-state index contributed by atoms with van der Waals surface area (Å²) in [6, 6.07) is 9.75. The Morgan fingerprint density at radius 1 is 1.12 bits per heavy atom. The molecule has 1 unspecified atom stereocenters. The number of nitro benzene ring substituents is 1. The number of anilines is 1. The molecule has 0 aromatic heterocycles. The molecular formula is C18H21N3O4S. The number of hydrogen-bond donors (Lipinski definition) is 2. The van der Waals surface area contributed by atoms with Crippen LogP contribution in [0.25, 0.3) is 0 Å². The monoisotopic (exact) mass is 375 g/mol. The Morgan fingerprint density at radius 3 is 2.46 bits per heavy atom. The lowest BCUT2D eigenvalue weighted by Gasteiger charge is -2.21. The molecule has 1 atom stereocenters. The van der Waals surface area contributed by atoms with Gasteiger partial charge in [-0.15, -0.1) is 0 Å². The number of hydrogen-bond acceptors (Lipinski definition) is 5. The molecule has 138 valence electrons. The van der Waals surface area contributed by atoms with Crippen molar-refractivity contribution in [2.45, 2.75) is 43.5 Å². The SMILES string of the molecule is CC(Nc1ccc([N+](=O)[O-])cc1S(N)(=O)=O)c1ccc2c(c1)CCCC2. The van der Waals surface area contributed by atoms with Gasteiger partial charge in [0.05, 0.1) is 10.6 Å². The summed E-state index contributed by atoms with van der Waals surface area (Å²) in [4.78, 5) is 9.99. The van der Waals surface area contributed by atoms with E-state index in [9.17, 15) is 18.5 Å². The average molecular weight is 375 g/mol. The lowest BCUT2D eigenvalue weighted by Crippen LogP contribution is -2.17. The maximum Gasteiger partial charge on any atom is 0.270 e. The van der Waals surface area contributed by atoms with Gasteiger partial charge < -0.3 is 5.32 Å². The van der Waals surface area contributed by atoms with Gasteiger partial charge in [-0.2, -0.15) is 0 Å². The number of nitrogens with one attached hydrogen (secondary N) is 1. The highest BCUT2D eigenvalue weighted by Crippen LogP contribution is 2.30. The first-order chi connectivity index (χ1) is 12.3. The molecule has 0 bridgehead atoms. The first-order valence-corrected chi connectivity index (χ1v) is 10.00. The molecule has 0 fully saturated rings. The van der Waals surface area contributed by atoms with Gasteiger partial charge in [0, 0.05) is 18.2 Å². The summed E-state index contributed by atoms with van der Waals surface area (Å²) in [6.45, 7) is 1.92. The highest BCUT2D eigenvalue weighted by atomic mass is 32.2. The van der Waals surface area contributed by atoms with Gasteiger partial charge in [0.15, 0.2) is 0 Å². The van der Waals surface area contributed by atoms with Gasteiger partial charge in [-0.25, -0.2) is 13.6 Å². The van der Waals surface area contributed by atoms with Gasteiger partial charge in [-0.3, -0.25) is 10.1 Å². The van der Waals surface area contributed by atoms with E-state index in [0.29, 0.717) is 0 Å². The lowest BCUT2D eigenvalue weighted by atomic mass is 9.89. The van der Waals surface area contributed by atoms with E-state index in [1.165, 1.54) is 36.1 Å². The Bertz CT molecular complexity index is 957. The van der Waals surface area contributed by atoms with Crippen LogP contribution in [0.15, 0.2) is 41.3 Å². The largest absolute Gasteiger partial charge is 0.377 e. The Labute approximate surface area is 152 Å². The summed E-state index contributed by atoms with van der Waals surface area (Å²) in [7, 11) is -4.10. The second kappa shape index (κ2) is 7.05. The molecule has 7 nitrogen and oxygen atoms in total. The summed E-state index contributed by atoms with van der Waals surface area (Å²) in [6.07, 6.45) is 4.53. The van der Waals surface area contributed by atoms with Crippen molar-refractivity contribution in [3.05, 3.63) is 63.2 Å². The third-order valence-corrected chi connectivity index (χ3v) is 5.68. The molecule has 26 heavy (non-hydrogen) atoms. The predicted octanol–water partition coefficient (Wildman–Crippen LogP) is 3.29. The Hall–Kier alpha value is -2.45. The first-order valence-electron chi connectivity index (χ1n) is 8.45. The minimum atomic E-state index is -4.10. The number of nitro groups is 1. The summed E-state index contributed by atoms with van der Waals surface area (Å²) in [5.74, 6) is 0. The third-order valence-electron chi connectivity index (χ3n) is 4.73. The molecule has 8 heteroatoms. The highest BCUT2D eigenvalue weighted by molar-refractivity contribution is 7.89. The van der Waals surface area contributed by atoms with Crippen molar-refractivity contribution in [2.24, 2.45) is 5.14 Å². The molecule has 0 amide bonds. The molecule has 0 heterocycles. The molecule has 1 aliphatic rings. The van der Waals surface area contributed by atoms with E-state index < -0.39 is 14.9 Å². The van der Waals surface area contributed by atoms with Crippen molar-refractivity contribution < 1.29 is 13.3 Å². The van der Waals surface area contributed by atoms with Crippen molar-refractivity contribution in [2.75, 3.05) is 5.32 Å². The number of benzene rings is 2. The summed E-state index contributed by atoms with van der Waals surface area (Å²) < 4.78 is 23.7. The molecule has 0 saturated heterocycles. The van der Waals surface area contributed by atoms with Crippen LogP contribution in [0.1, 0.15) is 42.5 Å². The zero-order valence-electron chi connectivity index (χ0n) is 14.4. The fourth-order valence-electron chi connectivity index (χ4n) is 3.32. The molecule has 2 aromatic rings. The topological polar surface area (TPSA) is 115 Å². The molecule has 0 aliphatic heterocycles. The molecule has 3 rings (SSSR count). The van der Waals surface area contributed by atoms with Gasteiger partial charge in [0.1, 0.15) is 4.90 Å². The minimum absolute atomic E-state index is 0.177. The first kappa shape index (κ1) is 18.3. The second-order valence-corrected chi connectivity index (χ2v) is 8.11. The van der Waals surface area contributed by atoms with E-state index in [0.717, 1.165) is 24.5 Å². The van der Waals surface area contributed by atoms with Gasteiger partial charge in [0.2, 0.25) is 10.0 Å². The fraction of sp³-hybridized carbons (Fsp3) is 0.333. The number of non-ortho nitro benzene ring substituents is 1. The van der Waals surface area contributed by atoms with Crippen LogP contribution in [-0.2, 0) is 22.9 Å². The van der Waals surface area contributed by atoms with E-state index in [4.69, 9.17) is 5.14 Å². The minimum Gasteiger partial charge on any atom is -0.377 e. The van der Waals surface area contributed by atoms with E-state index in [1.54, 1.807) is 0 Å².